The molecule has 116 valence electrons. The fourth-order valence-electron chi connectivity index (χ4n) is 2.96. The van der Waals surface area contributed by atoms with Crippen molar-refractivity contribution in [2.45, 2.75) is 51.0 Å². The first-order valence-electron chi connectivity index (χ1n) is 7.67. The number of hydrogen-bond donors (Lipinski definition) is 2. The Balaban J connectivity index is 1.87. The average Bonchev–Trinajstić information content (AvgIpc) is 2.82. The zero-order chi connectivity index (χ0) is 15.5. The van der Waals surface area contributed by atoms with Crippen LogP contribution in [0.25, 0.3) is 0 Å². The molecule has 21 heavy (non-hydrogen) atoms. The van der Waals surface area contributed by atoms with Gasteiger partial charge in [-0.25, -0.2) is 0 Å². The smallest absolute Gasteiger partial charge is 0.220 e. The number of halogens is 1. The van der Waals surface area contributed by atoms with Crippen molar-refractivity contribution in [3.05, 3.63) is 34.3 Å². The van der Waals surface area contributed by atoms with Crippen molar-refractivity contribution >= 4 is 21.8 Å². The number of nitrogens with one attached hydrogen (secondary N) is 1. The van der Waals surface area contributed by atoms with Crippen LogP contribution in [0, 0.1) is 5.92 Å². The maximum Gasteiger partial charge on any atom is 0.220 e. The zero-order valence-electron chi connectivity index (χ0n) is 12.9. The van der Waals surface area contributed by atoms with E-state index in [4.69, 9.17) is 5.73 Å². The van der Waals surface area contributed by atoms with Gasteiger partial charge in [-0.1, -0.05) is 48.3 Å². The van der Waals surface area contributed by atoms with Crippen LogP contribution in [0.3, 0.4) is 0 Å². The molecule has 0 bridgehead atoms. The molecule has 0 spiro atoms. The average molecular weight is 353 g/mol. The molecule has 1 fully saturated rings. The van der Waals surface area contributed by atoms with E-state index in [9.17, 15) is 4.79 Å². The Hall–Kier alpha value is -0.870. The molecule has 0 heterocycles. The van der Waals surface area contributed by atoms with E-state index < -0.39 is 0 Å². The second kappa shape index (κ2) is 6.93. The van der Waals surface area contributed by atoms with Gasteiger partial charge in [0.15, 0.2) is 0 Å². The molecular formula is C17H25BrN2O. The molecule has 1 saturated carbocycles. The Kier molecular flexibility index (Phi) is 5.44. The number of carbonyl (C=O) groups is 1. The molecule has 1 aliphatic rings. The Labute approximate surface area is 135 Å². The van der Waals surface area contributed by atoms with E-state index in [1.807, 2.05) is 12.1 Å². The van der Waals surface area contributed by atoms with Crippen LogP contribution < -0.4 is 11.1 Å². The Morgan fingerprint density at radius 1 is 1.43 bits per heavy atom. The molecule has 3 N–H and O–H groups in total. The van der Waals surface area contributed by atoms with E-state index in [1.54, 1.807) is 0 Å². The van der Waals surface area contributed by atoms with Gasteiger partial charge in [0.1, 0.15) is 0 Å². The number of amides is 1. The van der Waals surface area contributed by atoms with Gasteiger partial charge in [-0.15, -0.1) is 0 Å². The van der Waals surface area contributed by atoms with Crippen molar-refractivity contribution in [2.75, 3.05) is 6.54 Å². The van der Waals surface area contributed by atoms with Gasteiger partial charge in [-0.3, -0.25) is 4.79 Å². The van der Waals surface area contributed by atoms with E-state index in [-0.39, 0.29) is 17.4 Å². The van der Waals surface area contributed by atoms with Crippen LogP contribution in [0.4, 0.5) is 0 Å². The standard InChI is InChI=1S/C17H25BrN2O/c1-17(2,13-6-4-7-14(18)10-13)11-20-16(21)9-12-5-3-8-15(12)19/h4,6-7,10,12,15H,3,5,8-9,11,19H2,1-2H3,(H,20,21)/t12-,15+/m0/s1. The minimum absolute atomic E-state index is 0.0861. The summed E-state index contributed by atoms with van der Waals surface area (Å²) < 4.78 is 1.07. The van der Waals surface area contributed by atoms with Crippen LogP contribution >= 0.6 is 15.9 Å². The first-order chi connectivity index (χ1) is 9.88. The Morgan fingerprint density at radius 3 is 2.81 bits per heavy atom. The summed E-state index contributed by atoms with van der Waals surface area (Å²) in [7, 11) is 0. The molecule has 4 heteroatoms. The number of rotatable bonds is 5. The molecule has 1 amide bonds. The molecule has 0 aromatic heterocycles. The zero-order valence-corrected chi connectivity index (χ0v) is 14.4. The van der Waals surface area contributed by atoms with Gasteiger partial charge in [0.05, 0.1) is 0 Å². The van der Waals surface area contributed by atoms with E-state index in [0.29, 0.717) is 18.9 Å². The second-order valence-electron chi connectivity index (χ2n) is 6.73. The molecule has 3 nitrogen and oxygen atoms in total. The molecule has 0 radical (unpaired) electrons. The van der Waals surface area contributed by atoms with Gasteiger partial charge < -0.3 is 11.1 Å². The van der Waals surface area contributed by atoms with E-state index in [1.165, 1.54) is 5.56 Å². The summed E-state index contributed by atoms with van der Waals surface area (Å²) in [6, 6.07) is 8.46. The fourth-order valence-corrected chi connectivity index (χ4v) is 3.36. The largest absolute Gasteiger partial charge is 0.355 e. The molecule has 0 unspecified atom stereocenters. The Bertz CT molecular complexity index is 501. The third-order valence-corrected chi connectivity index (χ3v) is 4.99. The number of benzene rings is 1. The first kappa shape index (κ1) is 16.5. The monoisotopic (exact) mass is 352 g/mol. The lowest BCUT2D eigenvalue weighted by Gasteiger charge is -2.26. The topological polar surface area (TPSA) is 55.1 Å². The maximum absolute atomic E-state index is 12.1. The van der Waals surface area contributed by atoms with Gasteiger partial charge in [-0.05, 0) is 36.5 Å². The fraction of sp³-hybridized carbons (Fsp3) is 0.588. The van der Waals surface area contributed by atoms with Gasteiger partial charge in [0, 0.05) is 28.9 Å². The Morgan fingerprint density at radius 2 is 2.19 bits per heavy atom. The van der Waals surface area contributed by atoms with Gasteiger partial charge in [0.25, 0.3) is 0 Å². The molecule has 0 aliphatic heterocycles. The van der Waals surface area contributed by atoms with Gasteiger partial charge in [-0.2, -0.15) is 0 Å². The highest BCUT2D eigenvalue weighted by Crippen LogP contribution is 2.27. The molecule has 1 aromatic rings. The van der Waals surface area contributed by atoms with Crippen molar-refractivity contribution in [2.24, 2.45) is 11.7 Å². The predicted molar refractivity (Wildman–Crippen MR) is 90.1 cm³/mol. The lowest BCUT2D eigenvalue weighted by atomic mass is 9.84. The lowest BCUT2D eigenvalue weighted by Crippen LogP contribution is -2.38. The highest BCUT2D eigenvalue weighted by Gasteiger charge is 2.27. The summed E-state index contributed by atoms with van der Waals surface area (Å²) in [5, 5.41) is 3.08. The number of hydrogen-bond acceptors (Lipinski definition) is 2. The van der Waals surface area contributed by atoms with Gasteiger partial charge in [0.2, 0.25) is 5.91 Å². The van der Waals surface area contributed by atoms with E-state index in [0.717, 1.165) is 23.7 Å². The summed E-state index contributed by atoms with van der Waals surface area (Å²) in [5.41, 5.74) is 7.16. The van der Waals surface area contributed by atoms with Crippen LogP contribution in [0.5, 0.6) is 0 Å². The third kappa shape index (κ3) is 4.55. The number of carbonyl (C=O) groups excluding carboxylic acids is 1. The summed E-state index contributed by atoms with van der Waals surface area (Å²) in [6.45, 7) is 4.94. The predicted octanol–water partition coefficient (Wildman–Crippen LogP) is 3.36. The summed E-state index contributed by atoms with van der Waals surface area (Å²) in [4.78, 5) is 12.1. The van der Waals surface area contributed by atoms with E-state index >= 15 is 0 Å². The summed E-state index contributed by atoms with van der Waals surface area (Å²) in [5.74, 6) is 0.486. The second-order valence-corrected chi connectivity index (χ2v) is 7.65. The van der Waals surface area contributed by atoms with Crippen LogP contribution in [-0.4, -0.2) is 18.5 Å². The normalized spacial score (nSPS) is 22.3. The van der Waals surface area contributed by atoms with Crippen molar-refractivity contribution in [3.8, 4) is 0 Å². The SMILES string of the molecule is CC(C)(CNC(=O)C[C@@H]1CCC[C@H]1N)c1cccc(Br)c1. The van der Waals surface area contributed by atoms with E-state index in [2.05, 4.69) is 47.2 Å². The molecule has 0 saturated heterocycles. The summed E-state index contributed by atoms with van der Waals surface area (Å²) in [6.07, 6.45) is 3.86. The van der Waals surface area contributed by atoms with Crippen LogP contribution in [0.2, 0.25) is 0 Å². The van der Waals surface area contributed by atoms with Crippen LogP contribution in [-0.2, 0) is 10.2 Å². The lowest BCUT2D eigenvalue weighted by molar-refractivity contribution is -0.122. The highest BCUT2D eigenvalue weighted by atomic mass is 79.9. The quantitative estimate of drug-likeness (QED) is 0.853. The van der Waals surface area contributed by atoms with Crippen molar-refractivity contribution in [1.29, 1.82) is 0 Å². The first-order valence-corrected chi connectivity index (χ1v) is 8.46. The van der Waals surface area contributed by atoms with Crippen molar-refractivity contribution in [1.82, 2.24) is 5.32 Å². The molecule has 2 rings (SSSR count). The minimum atomic E-state index is -0.0861. The molecule has 1 aromatic carbocycles. The molecule has 2 atom stereocenters. The van der Waals surface area contributed by atoms with Crippen LogP contribution in [0.15, 0.2) is 28.7 Å². The van der Waals surface area contributed by atoms with Crippen molar-refractivity contribution in [3.63, 3.8) is 0 Å². The highest BCUT2D eigenvalue weighted by molar-refractivity contribution is 9.10. The molecular weight excluding hydrogens is 328 g/mol. The van der Waals surface area contributed by atoms with Gasteiger partial charge >= 0.3 is 0 Å². The third-order valence-electron chi connectivity index (χ3n) is 4.50. The molecule has 1 aliphatic carbocycles. The number of nitrogens with two attached hydrogens (primary N) is 1. The maximum atomic E-state index is 12.1. The minimum Gasteiger partial charge on any atom is -0.355 e. The summed E-state index contributed by atoms with van der Waals surface area (Å²) >= 11 is 3.50. The van der Waals surface area contributed by atoms with Crippen molar-refractivity contribution < 1.29 is 4.79 Å². The van der Waals surface area contributed by atoms with Crippen LogP contribution in [0.1, 0.15) is 45.1 Å².